The Bertz CT molecular complexity index is 1160. The minimum absolute atomic E-state index is 0. The molecule has 0 amide bonds. The second-order valence-electron chi connectivity index (χ2n) is 7.88. The predicted molar refractivity (Wildman–Crippen MR) is 137 cm³/mol. The van der Waals surface area contributed by atoms with Crippen molar-refractivity contribution in [3.8, 4) is 11.1 Å². The van der Waals surface area contributed by atoms with E-state index in [-0.39, 0.29) is 35.8 Å². The van der Waals surface area contributed by atoms with Gasteiger partial charge in [-0.1, -0.05) is 32.8 Å². The molecule has 7 heteroatoms. The fourth-order valence-corrected chi connectivity index (χ4v) is 3.30. The molecular formula is C26H29Cl2F3SiZr. The molecule has 0 radical (unpaired) electrons. The smallest absolute Gasteiger partial charge is 0.161 e. The Hall–Kier alpha value is -1.00. The monoisotopic (exact) mass is 586 g/mol. The number of hydrogen-bond donors (Lipinski definition) is 0. The van der Waals surface area contributed by atoms with Crippen LogP contribution >= 0.6 is 24.8 Å². The molecule has 3 aromatic carbocycles. The molecule has 1 aliphatic rings. The van der Waals surface area contributed by atoms with Gasteiger partial charge in [0.25, 0.3) is 0 Å². The zero-order valence-corrected chi connectivity index (χ0v) is 24.7. The Labute approximate surface area is 222 Å². The largest absolute Gasteiger partial charge is 0.207 e. The van der Waals surface area contributed by atoms with E-state index in [0.717, 1.165) is 16.8 Å². The zero-order chi connectivity index (χ0) is 23.3. The van der Waals surface area contributed by atoms with E-state index in [4.69, 9.17) is 0 Å². The minimum Gasteiger partial charge on any atom is -0.207 e. The van der Waals surface area contributed by atoms with Gasteiger partial charge in [0, 0.05) is 6.07 Å². The van der Waals surface area contributed by atoms with E-state index in [9.17, 15) is 13.2 Å². The van der Waals surface area contributed by atoms with Crippen LogP contribution in [-0.4, -0.2) is 5.43 Å². The molecule has 0 aliphatic heterocycles. The third-order valence-electron chi connectivity index (χ3n) is 5.20. The normalized spacial score (nSPS) is 14.3. The van der Waals surface area contributed by atoms with Crippen LogP contribution in [0.15, 0.2) is 65.3 Å². The van der Waals surface area contributed by atoms with Crippen molar-refractivity contribution in [2.75, 3.05) is 0 Å². The molecule has 0 heterocycles. The Morgan fingerprint density at radius 3 is 2.03 bits per heavy atom. The summed E-state index contributed by atoms with van der Waals surface area (Å²) in [5, 5.41) is 1.69. The first kappa shape index (κ1) is 32.0. The zero-order valence-electron chi connectivity index (χ0n) is 19.6. The number of fused-ring (bicyclic) bond motifs is 1. The van der Waals surface area contributed by atoms with Gasteiger partial charge in [-0.25, -0.2) is 18.7 Å². The Balaban J connectivity index is 0.000000580. The average Bonchev–Trinajstić information content (AvgIpc) is 3.22. The van der Waals surface area contributed by atoms with Gasteiger partial charge >= 0.3 is 41.9 Å². The van der Waals surface area contributed by atoms with Gasteiger partial charge < -0.3 is 0 Å². The van der Waals surface area contributed by atoms with Crippen LogP contribution in [-0.2, 0) is 23.3 Å². The molecule has 0 saturated carbocycles. The Morgan fingerprint density at radius 1 is 0.970 bits per heavy atom. The molecule has 1 aliphatic carbocycles. The number of benzene rings is 2. The molecule has 176 valence electrons. The fraction of sp³-hybridized carbons (Fsp3) is 0.269. The first-order chi connectivity index (χ1) is 14.5. The van der Waals surface area contributed by atoms with E-state index < -0.39 is 17.5 Å². The van der Waals surface area contributed by atoms with Gasteiger partial charge in [-0.05, 0) is 11.6 Å². The van der Waals surface area contributed by atoms with Crippen molar-refractivity contribution < 1.29 is 36.5 Å². The van der Waals surface area contributed by atoms with Crippen molar-refractivity contribution in [2.24, 2.45) is 5.92 Å². The van der Waals surface area contributed by atoms with Crippen LogP contribution in [0, 0.1) is 29.4 Å². The SMILES string of the molecule is CC1=[C-]C(C)C(C)=C1C.C[Si](C)=[Zr+2].Cl.Cl.Fc1cc(F)c(F)c(-c2c[cH-]c3ccccc23)c1. The van der Waals surface area contributed by atoms with Gasteiger partial charge in [0.2, 0.25) is 0 Å². The van der Waals surface area contributed by atoms with E-state index in [0.29, 0.717) is 17.5 Å². The number of allylic oxidation sites excluding steroid dienone is 4. The molecule has 0 nitrogen and oxygen atoms in total. The van der Waals surface area contributed by atoms with Crippen molar-refractivity contribution in [1.82, 2.24) is 0 Å². The minimum atomic E-state index is -1.17. The summed E-state index contributed by atoms with van der Waals surface area (Å²) in [6.45, 7) is 13.3. The van der Waals surface area contributed by atoms with Gasteiger partial charge in [0.1, 0.15) is 5.82 Å². The van der Waals surface area contributed by atoms with Crippen LogP contribution in [0.3, 0.4) is 0 Å². The van der Waals surface area contributed by atoms with Gasteiger partial charge in [-0.2, -0.15) is 11.1 Å². The van der Waals surface area contributed by atoms with E-state index in [1.807, 2.05) is 12.1 Å². The van der Waals surface area contributed by atoms with Gasteiger partial charge in [0.05, 0.1) is 0 Å². The van der Waals surface area contributed by atoms with Crippen molar-refractivity contribution in [3.05, 3.63) is 88.8 Å². The van der Waals surface area contributed by atoms with Crippen LogP contribution in [0.5, 0.6) is 0 Å². The van der Waals surface area contributed by atoms with Crippen LogP contribution < -0.4 is 0 Å². The van der Waals surface area contributed by atoms with Gasteiger partial charge in [0.15, 0.2) is 11.6 Å². The number of halogens is 5. The van der Waals surface area contributed by atoms with E-state index in [2.05, 4.69) is 46.9 Å². The van der Waals surface area contributed by atoms with Gasteiger partial charge in [-0.15, -0.1) is 78.4 Å². The van der Waals surface area contributed by atoms with E-state index >= 15 is 0 Å². The summed E-state index contributed by atoms with van der Waals surface area (Å²) < 4.78 is 40.1. The summed E-state index contributed by atoms with van der Waals surface area (Å²) in [5.74, 6) is -2.41. The van der Waals surface area contributed by atoms with E-state index in [1.54, 1.807) is 47.6 Å². The summed E-state index contributed by atoms with van der Waals surface area (Å²) in [5.41, 5.74) is 4.91. The summed E-state index contributed by atoms with van der Waals surface area (Å²) in [6.07, 6.45) is 3.36. The number of hydrogen-bond acceptors (Lipinski definition) is 0. The Morgan fingerprint density at radius 2 is 1.55 bits per heavy atom. The second kappa shape index (κ2) is 14.4. The van der Waals surface area contributed by atoms with E-state index in [1.165, 1.54) is 16.7 Å². The summed E-state index contributed by atoms with van der Waals surface area (Å²) >= 11 is 1.74. The van der Waals surface area contributed by atoms with Crippen molar-refractivity contribution >= 4 is 41.0 Å². The molecule has 0 fully saturated rings. The summed E-state index contributed by atoms with van der Waals surface area (Å²) in [4.78, 5) is 0. The Kier molecular flexibility index (Phi) is 14.0. The fourth-order valence-electron chi connectivity index (χ4n) is 3.30. The maximum absolute atomic E-state index is 13.7. The third kappa shape index (κ3) is 8.62. The molecular weight excluding hydrogens is 559 g/mol. The summed E-state index contributed by atoms with van der Waals surface area (Å²) in [6, 6.07) is 12.4. The molecule has 0 bridgehead atoms. The molecule has 4 rings (SSSR count). The quantitative estimate of drug-likeness (QED) is 0.151. The number of rotatable bonds is 1. The molecule has 1 unspecified atom stereocenters. The molecule has 33 heavy (non-hydrogen) atoms. The molecule has 1 atom stereocenters. The van der Waals surface area contributed by atoms with Crippen molar-refractivity contribution in [1.29, 1.82) is 0 Å². The standard InChI is InChI=1S/C15H8F3.C9H13.C2H6Si.2ClH.Zr/c16-10-7-13(15(18)14(17)8-10)12-6-5-9-3-1-2-4-11(9)12;1-6-5-7(2)9(4)8(6)3;1-3-2;;;/h1-8H;6H,1-4H3;1-2H3;2*1H;/q2*-1;;;;+2. The van der Waals surface area contributed by atoms with Gasteiger partial charge in [-0.3, -0.25) is 6.08 Å². The third-order valence-corrected chi connectivity index (χ3v) is 5.20. The second-order valence-corrected chi connectivity index (χ2v) is 17.3. The first-order valence-electron chi connectivity index (χ1n) is 10.1. The van der Waals surface area contributed by atoms with Crippen LogP contribution in [0.25, 0.3) is 21.9 Å². The topological polar surface area (TPSA) is 0 Å². The average molecular weight is 589 g/mol. The van der Waals surface area contributed by atoms with Crippen LogP contribution in [0.1, 0.15) is 27.7 Å². The van der Waals surface area contributed by atoms with Crippen molar-refractivity contribution in [2.45, 2.75) is 40.8 Å². The molecule has 3 aromatic rings. The van der Waals surface area contributed by atoms with Crippen LogP contribution in [0.4, 0.5) is 13.2 Å². The molecule has 0 aromatic heterocycles. The first-order valence-corrected chi connectivity index (χ1v) is 16.3. The maximum Gasteiger partial charge on any atom is 0.161 e. The van der Waals surface area contributed by atoms with Crippen molar-refractivity contribution in [3.63, 3.8) is 0 Å². The van der Waals surface area contributed by atoms with Crippen LogP contribution in [0.2, 0.25) is 13.1 Å². The molecule has 0 saturated heterocycles. The molecule has 0 N–H and O–H groups in total. The predicted octanol–water partition coefficient (Wildman–Crippen LogP) is 8.99. The maximum atomic E-state index is 13.7. The summed E-state index contributed by atoms with van der Waals surface area (Å²) in [7, 11) is 0. The molecule has 0 spiro atoms.